The topological polar surface area (TPSA) is 65.1 Å². The second kappa shape index (κ2) is 8.30. The first-order chi connectivity index (χ1) is 9.14. The van der Waals surface area contributed by atoms with Gasteiger partial charge in [0.2, 0.25) is 0 Å². The van der Waals surface area contributed by atoms with E-state index in [4.69, 9.17) is 10.6 Å². The van der Waals surface area contributed by atoms with E-state index in [1.54, 1.807) is 7.11 Å². The summed E-state index contributed by atoms with van der Waals surface area (Å²) in [5.74, 6) is 5.66. The molecular weight excluding hydrogens is 240 g/mol. The van der Waals surface area contributed by atoms with Gasteiger partial charge in [0.15, 0.2) is 0 Å². The van der Waals surface area contributed by atoms with Crippen molar-refractivity contribution in [3.8, 4) is 0 Å². The van der Waals surface area contributed by atoms with Gasteiger partial charge < -0.3 is 4.74 Å². The molecule has 0 bridgehead atoms. The second-order valence-corrected chi connectivity index (χ2v) is 4.99. The standard InChI is InChI=1S/C14H28N4O/c1-5-12-9-14(18(6-2)17-12)10-13(16-15)8-7-11(3)19-4/h9,11,13,16H,5-8,10,15H2,1-4H3. The van der Waals surface area contributed by atoms with Crippen molar-refractivity contribution in [3.63, 3.8) is 0 Å². The van der Waals surface area contributed by atoms with E-state index in [1.165, 1.54) is 5.69 Å². The number of aryl methyl sites for hydroxylation is 2. The minimum atomic E-state index is 0.268. The third kappa shape index (κ3) is 4.93. The lowest BCUT2D eigenvalue weighted by Gasteiger charge is -2.18. The number of nitrogens with one attached hydrogen (secondary N) is 1. The zero-order chi connectivity index (χ0) is 14.3. The molecule has 1 heterocycles. The Labute approximate surface area is 116 Å². The monoisotopic (exact) mass is 268 g/mol. The number of aromatic nitrogens is 2. The molecule has 0 aliphatic heterocycles. The Balaban J connectivity index is 2.61. The summed E-state index contributed by atoms with van der Waals surface area (Å²) in [6.07, 6.45) is 4.17. The maximum Gasteiger partial charge on any atom is 0.0624 e. The van der Waals surface area contributed by atoms with Crippen molar-refractivity contribution in [2.24, 2.45) is 5.84 Å². The van der Waals surface area contributed by atoms with E-state index >= 15 is 0 Å². The van der Waals surface area contributed by atoms with E-state index in [2.05, 4.69) is 42.0 Å². The molecule has 0 radical (unpaired) electrons. The molecule has 0 aliphatic carbocycles. The molecule has 1 aromatic rings. The van der Waals surface area contributed by atoms with Crippen LogP contribution in [0.2, 0.25) is 0 Å². The normalized spacial score (nSPS) is 14.6. The van der Waals surface area contributed by atoms with E-state index in [0.29, 0.717) is 0 Å². The molecule has 0 saturated heterocycles. The number of rotatable bonds is 9. The van der Waals surface area contributed by atoms with Crippen LogP contribution in [-0.2, 0) is 24.1 Å². The van der Waals surface area contributed by atoms with Gasteiger partial charge in [0.1, 0.15) is 0 Å². The highest BCUT2D eigenvalue weighted by Crippen LogP contribution is 2.12. The smallest absolute Gasteiger partial charge is 0.0624 e. The fraction of sp³-hybridized carbons (Fsp3) is 0.786. The molecule has 0 saturated carbocycles. The number of nitrogens with zero attached hydrogens (tertiary/aromatic N) is 2. The van der Waals surface area contributed by atoms with Crippen molar-refractivity contribution < 1.29 is 4.74 Å². The quantitative estimate of drug-likeness (QED) is 0.528. The van der Waals surface area contributed by atoms with Crippen LogP contribution < -0.4 is 11.3 Å². The van der Waals surface area contributed by atoms with Crippen molar-refractivity contribution in [1.29, 1.82) is 0 Å². The summed E-state index contributed by atoms with van der Waals surface area (Å²) < 4.78 is 7.35. The molecule has 0 amide bonds. The molecule has 0 aliphatic rings. The molecule has 2 unspecified atom stereocenters. The van der Waals surface area contributed by atoms with Crippen molar-refractivity contribution in [2.45, 2.75) is 65.1 Å². The van der Waals surface area contributed by atoms with Gasteiger partial charge in [-0.3, -0.25) is 16.0 Å². The molecule has 5 heteroatoms. The zero-order valence-corrected chi connectivity index (χ0v) is 12.6. The van der Waals surface area contributed by atoms with Crippen LogP contribution in [0.15, 0.2) is 6.07 Å². The number of methoxy groups -OCH3 is 1. The highest BCUT2D eigenvalue weighted by molar-refractivity contribution is 5.11. The molecule has 0 fully saturated rings. The fourth-order valence-corrected chi connectivity index (χ4v) is 2.18. The van der Waals surface area contributed by atoms with Crippen LogP contribution in [0.25, 0.3) is 0 Å². The van der Waals surface area contributed by atoms with E-state index in [-0.39, 0.29) is 12.1 Å². The number of hydrogen-bond acceptors (Lipinski definition) is 4. The van der Waals surface area contributed by atoms with Gasteiger partial charge in [-0.05, 0) is 39.2 Å². The maximum absolute atomic E-state index is 5.66. The van der Waals surface area contributed by atoms with Crippen LogP contribution in [0.1, 0.15) is 45.0 Å². The van der Waals surface area contributed by atoms with Crippen LogP contribution in [0.4, 0.5) is 0 Å². The van der Waals surface area contributed by atoms with Gasteiger partial charge in [0, 0.05) is 31.8 Å². The van der Waals surface area contributed by atoms with E-state index < -0.39 is 0 Å². The Kier molecular flexibility index (Phi) is 7.05. The van der Waals surface area contributed by atoms with E-state index in [9.17, 15) is 0 Å². The van der Waals surface area contributed by atoms with E-state index in [1.807, 2.05) is 0 Å². The molecule has 19 heavy (non-hydrogen) atoms. The molecule has 5 nitrogen and oxygen atoms in total. The van der Waals surface area contributed by atoms with Gasteiger partial charge in [-0.25, -0.2) is 0 Å². The molecule has 0 spiro atoms. The summed E-state index contributed by atoms with van der Waals surface area (Å²) in [4.78, 5) is 0. The average molecular weight is 268 g/mol. The highest BCUT2D eigenvalue weighted by Gasteiger charge is 2.14. The predicted octanol–water partition coefficient (Wildman–Crippen LogP) is 1.65. The van der Waals surface area contributed by atoms with Crippen molar-refractivity contribution in [2.75, 3.05) is 7.11 Å². The maximum atomic E-state index is 5.66. The summed E-state index contributed by atoms with van der Waals surface area (Å²) in [6, 6.07) is 2.46. The largest absolute Gasteiger partial charge is 0.382 e. The summed E-state index contributed by atoms with van der Waals surface area (Å²) in [5.41, 5.74) is 5.32. The molecular formula is C14H28N4O. The number of ether oxygens (including phenoxy) is 1. The van der Waals surface area contributed by atoms with Gasteiger partial charge in [-0.15, -0.1) is 0 Å². The minimum absolute atomic E-state index is 0.268. The molecule has 1 rings (SSSR count). The lowest BCUT2D eigenvalue weighted by molar-refractivity contribution is 0.106. The lowest BCUT2D eigenvalue weighted by Crippen LogP contribution is -2.37. The first-order valence-corrected chi connectivity index (χ1v) is 7.19. The third-order valence-corrected chi connectivity index (χ3v) is 3.59. The third-order valence-electron chi connectivity index (χ3n) is 3.59. The van der Waals surface area contributed by atoms with Crippen LogP contribution in [0.5, 0.6) is 0 Å². The molecule has 3 N–H and O–H groups in total. The van der Waals surface area contributed by atoms with Gasteiger partial charge in [-0.2, -0.15) is 5.10 Å². The highest BCUT2D eigenvalue weighted by atomic mass is 16.5. The van der Waals surface area contributed by atoms with Crippen molar-refractivity contribution in [3.05, 3.63) is 17.5 Å². The average Bonchev–Trinajstić information content (AvgIpc) is 2.84. The lowest BCUT2D eigenvalue weighted by atomic mass is 10.0. The number of hydrogen-bond donors (Lipinski definition) is 2. The molecule has 110 valence electrons. The minimum Gasteiger partial charge on any atom is -0.382 e. The SMILES string of the molecule is CCc1cc(CC(CCC(C)OC)NN)n(CC)n1. The van der Waals surface area contributed by atoms with Gasteiger partial charge in [-0.1, -0.05) is 6.92 Å². The molecule has 1 aromatic heterocycles. The Hall–Kier alpha value is -0.910. The summed E-state index contributed by atoms with van der Waals surface area (Å²) in [5, 5.41) is 4.57. The summed E-state index contributed by atoms with van der Waals surface area (Å²) in [7, 11) is 1.75. The van der Waals surface area contributed by atoms with Gasteiger partial charge in [0.25, 0.3) is 0 Å². The summed E-state index contributed by atoms with van der Waals surface area (Å²) >= 11 is 0. The van der Waals surface area contributed by atoms with Gasteiger partial charge in [0.05, 0.1) is 11.8 Å². The first-order valence-electron chi connectivity index (χ1n) is 7.19. The van der Waals surface area contributed by atoms with Gasteiger partial charge >= 0.3 is 0 Å². The fourth-order valence-electron chi connectivity index (χ4n) is 2.18. The Morgan fingerprint density at radius 1 is 1.42 bits per heavy atom. The number of hydrazine groups is 1. The van der Waals surface area contributed by atoms with Crippen LogP contribution >= 0.6 is 0 Å². The van der Waals surface area contributed by atoms with Crippen molar-refractivity contribution in [1.82, 2.24) is 15.2 Å². The Morgan fingerprint density at radius 2 is 2.16 bits per heavy atom. The van der Waals surface area contributed by atoms with E-state index in [0.717, 1.165) is 37.9 Å². The Bertz CT molecular complexity index is 364. The summed E-state index contributed by atoms with van der Waals surface area (Å²) in [6.45, 7) is 7.24. The molecule has 0 aromatic carbocycles. The molecule has 2 atom stereocenters. The Morgan fingerprint density at radius 3 is 2.68 bits per heavy atom. The predicted molar refractivity (Wildman–Crippen MR) is 77.8 cm³/mol. The zero-order valence-electron chi connectivity index (χ0n) is 12.6. The van der Waals surface area contributed by atoms with Crippen LogP contribution in [0.3, 0.4) is 0 Å². The van der Waals surface area contributed by atoms with Crippen LogP contribution in [0, 0.1) is 0 Å². The second-order valence-electron chi connectivity index (χ2n) is 4.99. The van der Waals surface area contributed by atoms with Crippen molar-refractivity contribution >= 4 is 0 Å². The first kappa shape index (κ1) is 16.1. The number of nitrogens with two attached hydrogens (primary N) is 1. The van der Waals surface area contributed by atoms with Crippen LogP contribution in [-0.4, -0.2) is 29.0 Å².